The standard InChI is InChI=1S/C14H6Br2Cl2F3NO2/c15-6-3-9(16)12(10(18)4-6)24-13(23)22-11-2-1-7(17)5-8(11)14(19,20)21/h1-5H,(H,22,23). The summed E-state index contributed by atoms with van der Waals surface area (Å²) in [5.74, 6) is -0.0279. The number of nitrogens with one attached hydrogen (secondary N) is 1. The Bertz CT molecular complexity index is 777. The smallest absolute Gasteiger partial charge is 0.407 e. The van der Waals surface area contributed by atoms with Gasteiger partial charge in [-0.1, -0.05) is 39.1 Å². The van der Waals surface area contributed by atoms with Gasteiger partial charge >= 0.3 is 12.3 Å². The Balaban J connectivity index is 2.26. The van der Waals surface area contributed by atoms with Crippen LogP contribution in [0.4, 0.5) is 23.7 Å². The molecule has 1 amide bonds. The molecule has 3 nitrogen and oxygen atoms in total. The molecule has 2 aromatic carbocycles. The molecule has 0 saturated heterocycles. The number of halogens is 7. The van der Waals surface area contributed by atoms with Crippen LogP contribution in [-0.2, 0) is 6.18 Å². The molecule has 0 aliphatic carbocycles. The Kier molecular flexibility index (Phi) is 6.06. The van der Waals surface area contributed by atoms with E-state index in [0.29, 0.717) is 15.0 Å². The maximum atomic E-state index is 13.0. The monoisotopic (exact) mass is 505 g/mol. The number of anilines is 1. The molecule has 0 radical (unpaired) electrons. The molecule has 0 bridgehead atoms. The van der Waals surface area contributed by atoms with E-state index in [-0.39, 0.29) is 15.8 Å². The average molecular weight is 508 g/mol. The number of benzene rings is 2. The van der Waals surface area contributed by atoms with Crippen LogP contribution < -0.4 is 10.1 Å². The third-order valence-electron chi connectivity index (χ3n) is 2.68. The third kappa shape index (κ3) is 4.78. The van der Waals surface area contributed by atoms with Crippen molar-refractivity contribution in [3.63, 3.8) is 0 Å². The van der Waals surface area contributed by atoms with Gasteiger partial charge in [0.25, 0.3) is 0 Å². The van der Waals surface area contributed by atoms with Crippen LogP contribution >= 0.6 is 55.1 Å². The lowest BCUT2D eigenvalue weighted by molar-refractivity contribution is -0.136. The second-order valence-electron chi connectivity index (χ2n) is 4.40. The summed E-state index contributed by atoms with van der Waals surface area (Å²) in [6.45, 7) is 0. The van der Waals surface area contributed by atoms with Gasteiger partial charge in [0.2, 0.25) is 0 Å². The first-order valence-electron chi connectivity index (χ1n) is 6.08. The van der Waals surface area contributed by atoms with Crippen molar-refractivity contribution in [3.05, 3.63) is 54.9 Å². The molecular formula is C14H6Br2Cl2F3NO2. The van der Waals surface area contributed by atoms with Crippen LogP contribution in [0.5, 0.6) is 5.75 Å². The Morgan fingerprint density at radius 3 is 2.38 bits per heavy atom. The Morgan fingerprint density at radius 1 is 1.12 bits per heavy atom. The molecule has 0 unspecified atom stereocenters. The van der Waals surface area contributed by atoms with Crippen molar-refractivity contribution in [3.8, 4) is 5.75 Å². The summed E-state index contributed by atoms with van der Waals surface area (Å²) in [4.78, 5) is 11.9. The highest BCUT2D eigenvalue weighted by atomic mass is 79.9. The van der Waals surface area contributed by atoms with Crippen LogP contribution in [0.3, 0.4) is 0 Å². The molecule has 0 aromatic heterocycles. The van der Waals surface area contributed by atoms with Gasteiger partial charge in [0.1, 0.15) is 0 Å². The fraction of sp³-hybridized carbons (Fsp3) is 0.0714. The van der Waals surface area contributed by atoms with Gasteiger partial charge in [-0.3, -0.25) is 5.32 Å². The van der Waals surface area contributed by atoms with E-state index in [2.05, 4.69) is 31.9 Å². The molecule has 24 heavy (non-hydrogen) atoms. The number of alkyl halides is 3. The van der Waals surface area contributed by atoms with Crippen molar-refractivity contribution in [1.82, 2.24) is 0 Å². The summed E-state index contributed by atoms with van der Waals surface area (Å²) in [5, 5.41) is 2.02. The van der Waals surface area contributed by atoms with Gasteiger partial charge in [-0.05, 0) is 46.3 Å². The molecule has 2 aromatic rings. The Hall–Kier alpha value is -0.960. The summed E-state index contributed by atoms with van der Waals surface area (Å²) in [6, 6.07) is 6.00. The van der Waals surface area contributed by atoms with Crippen molar-refractivity contribution in [2.45, 2.75) is 6.18 Å². The molecule has 0 atom stereocenters. The summed E-state index contributed by atoms with van der Waals surface area (Å²) >= 11 is 17.9. The highest BCUT2D eigenvalue weighted by Gasteiger charge is 2.34. The molecule has 0 aliphatic rings. The van der Waals surface area contributed by atoms with E-state index >= 15 is 0 Å². The quantitative estimate of drug-likeness (QED) is 0.469. The van der Waals surface area contributed by atoms with E-state index in [4.69, 9.17) is 27.9 Å². The van der Waals surface area contributed by atoms with Crippen molar-refractivity contribution in [1.29, 1.82) is 0 Å². The van der Waals surface area contributed by atoms with E-state index in [0.717, 1.165) is 6.07 Å². The zero-order chi connectivity index (χ0) is 18.1. The van der Waals surface area contributed by atoms with Gasteiger partial charge in [-0.2, -0.15) is 13.2 Å². The predicted molar refractivity (Wildman–Crippen MR) is 93.0 cm³/mol. The SMILES string of the molecule is O=C(Nc1ccc(Cl)cc1C(F)(F)F)Oc1c(Cl)cc(Br)cc1Br. The van der Waals surface area contributed by atoms with Gasteiger partial charge in [0.05, 0.1) is 20.7 Å². The Labute approximate surface area is 161 Å². The minimum absolute atomic E-state index is 0.0279. The molecule has 10 heteroatoms. The van der Waals surface area contributed by atoms with Gasteiger partial charge in [-0.15, -0.1) is 0 Å². The lowest BCUT2D eigenvalue weighted by Crippen LogP contribution is -2.20. The number of rotatable bonds is 2. The minimum atomic E-state index is -4.69. The van der Waals surface area contributed by atoms with E-state index in [1.165, 1.54) is 12.1 Å². The van der Waals surface area contributed by atoms with Crippen LogP contribution in [0.25, 0.3) is 0 Å². The van der Waals surface area contributed by atoms with Gasteiger partial charge in [0.15, 0.2) is 5.75 Å². The van der Waals surface area contributed by atoms with E-state index in [1.807, 2.05) is 5.32 Å². The zero-order valence-electron chi connectivity index (χ0n) is 11.3. The van der Waals surface area contributed by atoms with E-state index in [1.54, 1.807) is 6.07 Å². The molecule has 0 spiro atoms. The molecule has 128 valence electrons. The van der Waals surface area contributed by atoms with Crippen LogP contribution in [0.1, 0.15) is 5.56 Å². The number of hydrogen-bond acceptors (Lipinski definition) is 2. The summed E-state index contributed by atoms with van der Waals surface area (Å²) in [6.07, 6.45) is -5.82. The lowest BCUT2D eigenvalue weighted by Gasteiger charge is -2.15. The van der Waals surface area contributed by atoms with Crippen LogP contribution in [0, 0.1) is 0 Å². The van der Waals surface area contributed by atoms with Crippen molar-refractivity contribution < 1.29 is 22.7 Å². The lowest BCUT2D eigenvalue weighted by atomic mass is 10.1. The maximum absolute atomic E-state index is 13.0. The first-order chi connectivity index (χ1) is 11.1. The Morgan fingerprint density at radius 2 is 1.79 bits per heavy atom. The van der Waals surface area contributed by atoms with Crippen molar-refractivity contribution >= 4 is 66.8 Å². The molecule has 0 fully saturated rings. The van der Waals surface area contributed by atoms with Crippen molar-refractivity contribution in [2.24, 2.45) is 0 Å². The number of amides is 1. The van der Waals surface area contributed by atoms with Crippen molar-refractivity contribution in [2.75, 3.05) is 5.32 Å². The molecule has 2 rings (SSSR count). The molecular weight excluding hydrogens is 502 g/mol. The van der Waals surface area contributed by atoms with E-state index in [9.17, 15) is 18.0 Å². The fourth-order valence-corrected chi connectivity index (χ4v) is 3.70. The highest BCUT2D eigenvalue weighted by Crippen LogP contribution is 2.38. The molecule has 0 heterocycles. The second-order valence-corrected chi connectivity index (χ2v) is 7.01. The average Bonchev–Trinajstić information content (AvgIpc) is 2.43. The summed E-state index contributed by atoms with van der Waals surface area (Å²) < 4.78 is 44.9. The van der Waals surface area contributed by atoms with Crippen LogP contribution in [-0.4, -0.2) is 6.09 Å². The second kappa shape index (κ2) is 7.51. The molecule has 0 saturated carbocycles. The van der Waals surface area contributed by atoms with Crippen LogP contribution in [0.2, 0.25) is 10.0 Å². The number of carbonyl (C=O) groups excluding carboxylic acids is 1. The third-order valence-corrected chi connectivity index (χ3v) is 4.24. The number of hydrogen-bond donors (Lipinski definition) is 1. The highest BCUT2D eigenvalue weighted by molar-refractivity contribution is 9.11. The fourth-order valence-electron chi connectivity index (χ4n) is 1.71. The summed E-state index contributed by atoms with van der Waals surface area (Å²) in [5.41, 5.74) is -1.57. The van der Waals surface area contributed by atoms with Gasteiger partial charge in [0, 0.05) is 9.50 Å². The number of ether oxygens (including phenoxy) is 1. The zero-order valence-corrected chi connectivity index (χ0v) is 16.0. The van der Waals surface area contributed by atoms with E-state index < -0.39 is 23.5 Å². The number of carbonyl (C=O) groups is 1. The predicted octanol–water partition coefficient (Wildman–Crippen LogP) is 7.15. The van der Waals surface area contributed by atoms with Gasteiger partial charge < -0.3 is 4.74 Å². The topological polar surface area (TPSA) is 38.3 Å². The van der Waals surface area contributed by atoms with Crippen LogP contribution in [0.15, 0.2) is 39.3 Å². The van der Waals surface area contributed by atoms with Gasteiger partial charge in [-0.25, -0.2) is 4.79 Å². The normalized spacial score (nSPS) is 11.3. The minimum Gasteiger partial charge on any atom is -0.407 e. The first kappa shape index (κ1) is 19.4. The first-order valence-corrected chi connectivity index (χ1v) is 8.42. The maximum Gasteiger partial charge on any atom is 0.418 e. The largest absolute Gasteiger partial charge is 0.418 e. The molecule has 0 aliphatic heterocycles. The summed E-state index contributed by atoms with van der Waals surface area (Å²) in [7, 11) is 0. The molecule has 1 N–H and O–H groups in total.